The lowest BCUT2D eigenvalue weighted by molar-refractivity contribution is -0.122. The van der Waals surface area contributed by atoms with Crippen LogP contribution in [0, 0.1) is 6.92 Å². The molecule has 128 valence electrons. The van der Waals surface area contributed by atoms with Crippen LogP contribution in [-0.4, -0.2) is 30.7 Å². The summed E-state index contributed by atoms with van der Waals surface area (Å²) in [7, 11) is 1.57. The molecule has 1 unspecified atom stereocenters. The lowest BCUT2D eigenvalue weighted by Crippen LogP contribution is -2.31. The van der Waals surface area contributed by atoms with E-state index in [0.717, 1.165) is 11.3 Å². The molecule has 0 saturated heterocycles. The lowest BCUT2D eigenvalue weighted by Gasteiger charge is -2.16. The van der Waals surface area contributed by atoms with Crippen LogP contribution in [0.2, 0.25) is 0 Å². The van der Waals surface area contributed by atoms with Gasteiger partial charge in [0.2, 0.25) is 5.91 Å². The predicted octanol–water partition coefficient (Wildman–Crippen LogP) is 2.72. The van der Waals surface area contributed by atoms with Gasteiger partial charge in [-0.15, -0.1) is 0 Å². The van der Waals surface area contributed by atoms with E-state index < -0.39 is 5.97 Å². The first kappa shape index (κ1) is 17.7. The molecular weight excluding hydrogens is 310 g/mol. The Hall–Kier alpha value is -2.60. The zero-order valence-electron chi connectivity index (χ0n) is 13.7. The van der Waals surface area contributed by atoms with Gasteiger partial charge >= 0.3 is 5.97 Å². The number of carboxylic acid groups (broad SMARTS) is 1. The highest BCUT2D eigenvalue weighted by Gasteiger charge is 2.17. The highest BCUT2D eigenvalue weighted by atomic mass is 16.5. The molecule has 0 spiro atoms. The summed E-state index contributed by atoms with van der Waals surface area (Å²) in [5.74, 6) is 0.358. The van der Waals surface area contributed by atoms with Crippen LogP contribution in [0.5, 0.6) is 0 Å². The summed E-state index contributed by atoms with van der Waals surface area (Å²) in [6.07, 6.45) is 0.828. The number of carbonyl (C=O) groups excluding carboxylic acids is 1. The number of hydrogen-bond donors (Lipinski definition) is 2. The maximum absolute atomic E-state index is 12.2. The van der Waals surface area contributed by atoms with Gasteiger partial charge in [0.15, 0.2) is 0 Å². The van der Waals surface area contributed by atoms with Crippen LogP contribution in [0.1, 0.15) is 39.9 Å². The summed E-state index contributed by atoms with van der Waals surface area (Å²) < 4.78 is 10.7. The fourth-order valence-electron chi connectivity index (χ4n) is 2.34. The molecule has 1 aromatic heterocycles. The molecule has 2 N–H and O–H groups in total. The number of rotatable bonds is 8. The molecule has 1 heterocycles. The van der Waals surface area contributed by atoms with Crippen molar-refractivity contribution in [2.24, 2.45) is 0 Å². The van der Waals surface area contributed by atoms with Gasteiger partial charge in [0.05, 0.1) is 12.2 Å². The predicted molar refractivity (Wildman–Crippen MR) is 87.9 cm³/mol. The Balaban J connectivity index is 1.90. The van der Waals surface area contributed by atoms with E-state index in [9.17, 15) is 9.59 Å². The molecule has 2 aromatic rings. The third-order valence-electron chi connectivity index (χ3n) is 3.61. The molecule has 0 saturated carbocycles. The number of ether oxygens (including phenoxy) is 1. The van der Waals surface area contributed by atoms with Crippen LogP contribution in [0.25, 0.3) is 0 Å². The van der Waals surface area contributed by atoms with Gasteiger partial charge in [-0.2, -0.15) is 0 Å². The normalized spacial score (nSPS) is 11.9. The summed E-state index contributed by atoms with van der Waals surface area (Å²) in [6.45, 7) is 2.17. The zero-order chi connectivity index (χ0) is 17.5. The van der Waals surface area contributed by atoms with Gasteiger partial charge in [0.1, 0.15) is 17.6 Å². The summed E-state index contributed by atoms with van der Waals surface area (Å²) >= 11 is 0. The van der Waals surface area contributed by atoms with E-state index in [1.54, 1.807) is 19.2 Å². The van der Waals surface area contributed by atoms with Crippen LogP contribution in [0.15, 0.2) is 40.8 Å². The van der Waals surface area contributed by atoms with Crippen molar-refractivity contribution in [2.45, 2.75) is 25.8 Å². The molecule has 0 aliphatic carbocycles. The molecule has 0 aliphatic heterocycles. The van der Waals surface area contributed by atoms with Crippen molar-refractivity contribution >= 4 is 11.9 Å². The van der Waals surface area contributed by atoms with E-state index in [0.29, 0.717) is 25.2 Å². The third kappa shape index (κ3) is 4.96. The Morgan fingerprint density at radius 3 is 2.46 bits per heavy atom. The van der Waals surface area contributed by atoms with E-state index in [2.05, 4.69) is 5.32 Å². The lowest BCUT2D eigenvalue weighted by atomic mass is 10.1. The number of carbonyl (C=O) groups is 2. The average molecular weight is 331 g/mol. The van der Waals surface area contributed by atoms with E-state index >= 15 is 0 Å². The van der Waals surface area contributed by atoms with Crippen LogP contribution in [0.3, 0.4) is 0 Å². The highest BCUT2D eigenvalue weighted by Crippen LogP contribution is 2.17. The van der Waals surface area contributed by atoms with Crippen molar-refractivity contribution in [3.8, 4) is 0 Å². The standard InChI is InChI=1S/C18H21NO5/c1-12-3-9-16(24-12)15(11-23-2)19-17(20)10-6-13-4-7-14(8-5-13)18(21)22/h3-5,7-9,15H,6,10-11H2,1-2H3,(H,19,20)(H,21,22). The van der Waals surface area contributed by atoms with Crippen molar-refractivity contribution in [2.75, 3.05) is 13.7 Å². The van der Waals surface area contributed by atoms with Gasteiger partial charge in [-0.3, -0.25) is 4.79 Å². The number of furan rings is 1. The second-order valence-electron chi connectivity index (χ2n) is 5.53. The number of hydrogen-bond acceptors (Lipinski definition) is 4. The molecule has 6 heteroatoms. The number of carboxylic acids is 1. The Bertz CT molecular complexity index is 690. The number of methoxy groups -OCH3 is 1. The van der Waals surface area contributed by atoms with Crippen molar-refractivity contribution in [3.05, 3.63) is 59.0 Å². The molecule has 0 fully saturated rings. The molecule has 1 aromatic carbocycles. The molecule has 2 rings (SSSR count). The van der Waals surface area contributed by atoms with E-state index in [1.807, 2.05) is 19.1 Å². The summed E-state index contributed by atoms with van der Waals surface area (Å²) in [4.78, 5) is 23.0. The van der Waals surface area contributed by atoms with Crippen molar-refractivity contribution in [3.63, 3.8) is 0 Å². The maximum Gasteiger partial charge on any atom is 0.335 e. The zero-order valence-corrected chi connectivity index (χ0v) is 13.7. The third-order valence-corrected chi connectivity index (χ3v) is 3.61. The summed E-state index contributed by atoms with van der Waals surface area (Å²) in [5.41, 5.74) is 1.14. The van der Waals surface area contributed by atoms with Gasteiger partial charge in [-0.05, 0) is 43.2 Å². The molecule has 24 heavy (non-hydrogen) atoms. The van der Waals surface area contributed by atoms with E-state index in [4.69, 9.17) is 14.3 Å². The monoisotopic (exact) mass is 331 g/mol. The molecule has 0 radical (unpaired) electrons. The SMILES string of the molecule is COCC(NC(=O)CCc1ccc(C(=O)O)cc1)c1ccc(C)o1. The molecule has 6 nitrogen and oxygen atoms in total. The molecule has 1 atom stereocenters. The molecular formula is C18H21NO5. The fraction of sp³-hybridized carbons (Fsp3) is 0.333. The molecule has 0 bridgehead atoms. The first-order valence-corrected chi connectivity index (χ1v) is 7.66. The number of amides is 1. The second-order valence-corrected chi connectivity index (χ2v) is 5.53. The van der Waals surface area contributed by atoms with Gasteiger partial charge in [0.25, 0.3) is 0 Å². The van der Waals surface area contributed by atoms with Crippen LogP contribution in [0.4, 0.5) is 0 Å². The van der Waals surface area contributed by atoms with Crippen LogP contribution >= 0.6 is 0 Å². The second kappa shape index (κ2) is 8.31. The van der Waals surface area contributed by atoms with E-state index in [1.165, 1.54) is 12.1 Å². The summed E-state index contributed by atoms with van der Waals surface area (Å²) in [6, 6.07) is 9.85. The van der Waals surface area contributed by atoms with Gasteiger partial charge in [-0.1, -0.05) is 12.1 Å². The van der Waals surface area contributed by atoms with Gasteiger partial charge in [0, 0.05) is 13.5 Å². The Morgan fingerprint density at radius 1 is 1.21 bits per heavy atom. The van der Waals surface area contributed by atoms with Crippen molar-refractivity contribution < 1.29 is 23.8 Å². The maximum atomic E-state index is 12.2. The summed E-state index contributed by atoms with van der Waals surface area (Å²) in [5, 5.41) is 11.8. The Morgan fingerprint density at radius 2 is 1.92 bits per heavy atom. The highest BCUT2D eigenvalue weighted by molar-refractivity contribution is 5.87. The number of aryl methyl sites for hydroxylation is 2. The topological polar surface area (TPSA) is 88.8 Å². The average Bonchev–Trinajstić information content (AvgIpc) is 2.99. The number of aromatic carboxylic acids is 1. The Kier molecular flexibility index (Phi) is 6.14. The number of benzene rings is 1. The molecule has 0 aliphatic rings. The minimum absolute atomic E-state index is 0.117. The minimum Gasteiger partial charge on any atom is -0.478 e. The number of nitrogens with one attached hydrogen (secondary N) is 1. The van der Waals surface area contributed by atoms with Crippen LogP contribution in [-0.2, 0) is 16.0 Å². The van der Waals surface area contributed by atoms with Crippen LogP contribution < -0.4 is 5.32 Å². The Labute approximate surface area is 140 Å². The van der Waals surface area contributed by atoms with Gasteiger partial charge < -0.3 is 19.6 Å². The quantitative estimate of drug-likeness (QED) is 0.776. The van der Waals surface area contributed by atoms with Crippen molar-refractivity contribution in [1.82, 2.24) is 5.32 Å². The largest absolute Gasteiger partial charge is 0.478 e. The first-order chi connectivity index (χ1) is 11.5. The van der Waals surface area contributed by atoms with E-state index in [-0.39, 0.29) is 17.5 Å². The van der Waals surface area contributed by atoms with Gasteiger partial charge in [-0.25, -0.2) is 4.79 Å². The molecule has 1 amide bonds. The first-order valence-electron chi connectivity index (χ1n) is 7.66. The van der Waals surface area contributed by atoms with Crippen molar-refractivity contribution in [1.29, 1.82) is 0 Å². The fourth-order valence-corrected chi connectivity index (χ4v) is 2.34. The minimum atomic E-state index is -0.963. The smallest absolute Gasteiger partial charge is 0.335 e.